The van der Waals surface area contributed by atoms with Crippen molar-refractivity contribution in [1.29, 1.82) is 0 Å². The third-order valence-corrected chi connectivity index (χ3v) is 2.45. The van der Waals surface area contributed by atoms with Gasteiger partial charge in [0.1, 0.15) is 0 Å². The average Bonchev–Trinajstić information content (AvgIpc) is 2.38. The lowest BCUT2D eigenvalue weighted by Gasteiger charge is -1.73. The first-order chi connectivity index (χ1) is 5.36. The van der Waals surface area contributed by atoms with E-state index in [0.717, 1.165) is 10.1 Å². The Hall–Kier alpha value is -1.15. The zero-order chi connectivity index (χ0) is 7.68. The molecule has 54 valence electrons. The van der Waals surface area contributed by atoms with Crippen molar-refractivity contribution in [2.24, 2.45) is 0 Å². The molecule has 0 amide bonds. The monoisotopic (exact) mass is 162 g/mol. The maximum Gasteiger partial charge on any atom is 0.178 e. The van der Waals surface area contributed by atoms with Gasteiger partial charge in [-0.2, -0.15) is 0 Å². The summed E-state index contributed by atoms with van der Waals surface area (Å²) in [4.78, 5) is 10.9. The van der Waals surface area contributed by atoms with E-state index < -0.39 is 0 Å². The molecule has 0 unspecified atom stereocenters. The zero-order valence-electron chi connectivity index (χ0n) is 5.78. The maximum atomic E-state index is 10.9. The molecule has 0 spiro atoms. The Balaban J connectivity index is 2.96. The predicted octanol–water partition coefficient (Wildman–Crippen LogP) is 2.26. The summed E-state index contributed by atoms with van der Waals surface area (Å²) in [5, 5.41) is 3.16. The minimum atomic E-state index is 0.0633. The van der Waals surface area contributed by atoms with E-state index in [9.17, 15) is 4.79 Å². The van der Waals surface area contributed by atoms with Crippen LogP contribution in [0.15, 0.2) is 40.5 Å². The van der Waals surface area contributed by atoms with Crippen molar-refractivity contribution in [3.63, 3.8) is 0 Å². The highest BCUT2D eigenvalue weighted by atomic mass is 32.1. The van der Waals surface area contributed by atoms with Crippen molar-refractivity contribution < 1.29 is 0 Å². The third kappa shape index (κ3) is 1.17. The standard InChI is InChI=1S/C9H6OS/c10-8-2-1-7-5-6-11-9(7)4-3-8/h1-6H. The van der Waals surface area contributed by atoms with Gasteiger partial charge in [-0.1, -0.05) is 0 Å². The summed E-state index contributed by atoms with van der Waals surface area (Å²) < 4.78 is 1.16. The molecule has 0 radical (unpaired) electrons. The second kappa shape index (κ2) is 2.47. The fraction of sp³-hybridized carbons (Fsp3) is 0. The second-order valence-electron chi connectivity index (χ2n) is 2.31. The minimum Gasteiger partial charge on any atom is -0.290 e. The van der Waals surface area contributed by atoms with Crippen LogP contribution in [0.4, 0.5) is 0 Å². The van der Waals surface area contributed by atoms with Crippen LogP contribution in [0.25, 0.3) is 10.1 Å². The number of fused-ring (bicyclic) bond motifs is 1. The topological polar surface area (TPSA) is 17.1 Å². The molecule has 1 heterocycles. The molecule has 1 aromatic carbocycles. The predicted molar refractivity (Wildman–Crippen MR) is 48.1 cm³/mol. The van der Waals surface area contributed by atoms with Crippen molar-refractivity contribution in [3.8, 4) is 0 Å². The van der Waals surface area contributed by atoms with E-state index in [-0.39, 0.29) is 5.43 Å². The summed E-state index contributed by atoms with van der Waals surface area (Å²) in [5.74, 6) is 0. The van der Waals surface area contributed by atoms with Gasteiger partial charge in [-0.15, -0.1) is 11.3 Å². The van der Waals surface area contributed by atoms with Crippen molar-refractivity contribution in [1.82, 2.24) is 0 Å². The van der Waals surface area contributed by atoms with Crippen molar-refractivity contribution in [2.45, 2.75) is 0 Å². The fourth-order valence-electron chi connectivity index (χ4n) is 0.989. The summed E-state index contributed by atoms with van der Waals surface area (Å²) in [6, 6.07) is 8.92. The Morgan fingerprint density at radius 3 is 2.73 bits per heavy atom. The first-order valence-corrected chi connectivity index (χ1v) is 4.22. The van der Waals surface area contributed by atoms with Gasteiger partial charge in [-0.05, 0) is 41.1 Å². The van der Waals surface area contributed by atoms with E-state index in [1.807, 2.05) is 23.6 Å². The molecule has 0 aliphatic heterocycles. The normalized spacial score (nSPS) is 10.2. The van der Waals surface area contributed by atoms with Gasteiger partial charge in [0.25, 0.3) is 0 Å². The Morgan fingerprint density at radius 2 is 1.82 bits per heavy atom. The quantitative estimate of drug-likeness (QED) is 0.580. The van der Waals surface area contributed by atoms with Crippen LogP contribution >= 0.6 is 11.3 Å². The van der Waals surface area contributed by atoms with Crippen LogP contribution in [0.5, 0.6) is 0 Å². The molecular formula is C9H6OS. The summed E-state index contributed by atoms with van der Waals surface area (Å²) in [6.45, 7) is 0. The summed E-state index contributed by atoms with van der Waals surface area (Å²) in [6.07, 6.45) is 0. The molecule has 2 aromatic rings. The molecular weight excluding hydrogens is 156 g/mol. The van der Waals surface area contributed by atoms with E-state index in [4.69, 9.17) is 0 Å². The SMILES string of the molecule is O=c1ccc2ccsc2cc1. The van der Waals surface area contributed by atoms with Gasteiger partial charge in [0.05, 0.1) is 0 Å². The molecule has 0 saturated carbocycles. The molecule has 0 N–H and O–H groups in total. The van der Waals surface area contributed by atoms with Gasteiger partial charge in [0, 0.05) is 4.70 Å². The van der Waals surface area contributed by atoms with Gasteiger partial charge in [-0.3, -0.25) is 4.79 Å². The van der Waals surface area contributed by atoms with Crippen LogP contribution in [-0.2, 0) is 0 Å². The van der Waals surface area contributed by atoms with Crippen LogP contribution in [0.1, 0.15) is 0 Å². The largest absolute Gasteiger partial charge is 0.290 e. The molecule has 0 aliphatic rings. The third-order valence-electron chi connectivity index (χ3n) is 1.55. The average molecular weight is 162 g/mol. The van der Waals surface area contributed by atoms with Crippen LogP contribution in [-0.4, -0.2) is 0 Å². The Labute approximate surface area is 67.9 Å². The lowest BCUT2D eigenvalue weighted by molar-refractivity contribution is 1.69. The highest BCUT2D eigenvalue weighted by molar-refractivity contribution is 7.17. The van der Waals surface area contributed by atoms with Gasteiger partial charge in [-0.25, -0.2) is 0 Å². The van der Waals surface area contributed by atoms with E-state index in [1.165, 1.54) is 0 Å². The summed E-state index contributed by atoms with van der Waals surface area (Å²) in [5.41, 5.74) is 0.0633. The Kier molecular flexibility index (Phi) is 1.47. The highest BCUT2D eigenvalue weighted by Crippen LogP contribution is 2.17. The first kappa shape index (κ1) is 6.55. The molecule has 0 atom stereocenters. The summed E-state index contributed by atoms with van der Waals surface area (Å²) in [7, 11) is 0. The molecule has 2 heteroatoms. The number of thiophene rings is 1. The maximum absolute atomic E-state index is 10.9. The molecule has 1 nitrogen and oxygen atoms in total. The van der Waals surface area contributed by atoms with Crippen molar-refractivity contribution >= 4 is 21.4 Å². The van der Waals surface area contributed by atoms with E-state index in [2.05, 4.69) is 0 Å². The van der Waals surface area contributed by atoms with Crippen LogP contribution in [0.2, 0.25) is 0 Å². The second-order valence-corrected chi connectivity index (χ2v) is 3.26. The van der Waals surface area contributed by atoms with Crippen molar-refractivity contribution in [3.05, 3.63) is 45.9 Å². The van der Waals surface area contributed by atoms with E-state index >= 15 is 0 Å². The van der Waals surface area contributed by atoms with Gasteiger partial charge in [0.2, 0.25) is 0 Å². The lowest BCUT2D eigenvalue weighted by Crippen LogP contribution is -1.87. The molecule has 0 bridgehead atoms. The Morgan fingerprint density at radius 1 is 1.00 bits per heavy atom. The van der Waals surface area contributed by atoms with E-state index in [0.29, 0.717) is 0 Å². The summed E-state index contributed by atoms with van der Waals surface area (Å²) >= 11 is 1.65. The van der Waals surface area contributed by atoms with Gasteiger partial charge < -0.3 is 0 Å². The fourth-order valence-corrected chi connectivity index (χ4v) is 1.77. The van der Waals surface area contributed by atoms with Crippen molar-refractivity contribution in [2.75, 3.05) is 0 Å². The molecule has 0 fully saturated rings. The number of hydrogen-bond donors (Lipinski definition) is 0. The highest BCUT2D eigenvalue weighted by Gasteiger charge is 1.89. The molecule has 0 saturated heterocycles. The molecule has 11 heavy (non-hydrogen) atoms. The van der Waals surface area contributed by atoms with E-state index in [1.54, 1.807) is 23.5 Å². The molecule has 1 aromatic heterocycles. The minimum absolute atomic E-state index is 0.0633. The lowest BCUT2D eigenvalue weighted by atomic mass is 10.4. The first-order valence-electron chi connectivity index (χ1n) is 3.34. The Bertz CT molecular complexity index is 394. The van der Waals surface area contributed by atoms with Crippen LogP contribution < -0.4 is 5.43 Å². The van der Waals surface area contributed by atoms with Gasteiger partial charge in [0.15, 0.2) is 5.43 Å². The molecule has 0 aliphatic carbocycles. The van der Waals surface area contributed by atoms with Crippen LogP contribution in [0, 0.1) is 0 Å². The zero-order valence-corrected chi connectivity index (χ0v) is 6.60. The number of hydrogen-bond acceptors (Lipinski definition) is 2. The smallest absolute Gasteiger partial charge is 0.178 e. The van der Waals surface area contributed by atoms with Crippen LogP contribution in [0.3, 0.4) is 0 Å². The molecule has 2 rings (SSSR count). The number of rotatable bonds is 0. The van der Waals surface area contributed by atoms with Gasteiger partial charge >= 0.3 is 0 Å².